The Morgan fingerprint density at radius 3 is 2.47 bits per heavy atom. The fourth-order valence-corrected chi connectivity index (χ4v) is 5.98. The third-order valence-electron chi connectivity index (χ3n) is 7.02. The molecule has 2 amide bonds. The van der Waals surface area contributed by atoms with Crippen LogP contribution in [-0.2, 0) is 14.3 Å². The number of rotatable bonds is 11. The van der Waals surface area contributed by atoms with Gasteiger partial charge in [-0.3, -0.25) is 19.4 Å². The normalized spacial score (nSPS) is 16.5. The van der Waals surface area contributed by atoms with Crippen LogP contribution in [0.4, 0.5) is 5.69 Å². The highest BCUT2D eigenvalue weighted by molar-refractivity contribution is 8.26. The van der Waals surface area contributed by atoms with Gasteiger partial charge >= 0.3 is 5.97 Å². The summed E-state index contributed by atoms with van der Waals surface area (Å²) in [6.07, 6.45) is 1.83. The lowest BCUT2D eigenvalue weighted by molar-refractivity contribution is -0.122. The average Bonchev–Trinajstić information content (AvgIpc) is 3.29. The Hall–Kier alpha value is -4.03. The first-order valence-electron chi connectivity index (χ1n) is 13.9. The molecule has 3 aromatic carbocycles. The van der Waals surface area contributed by atoms with E-state index < -0.39 is 5.97 Å². The first-order chi connectivity index (χ1) is 20.9. The number of amides is 2. The van der Waals surface area contributed by atoms with Crippen LogP contribution in [0.1, 0.15) is 22.3 Å². The largest absolute Gasteiger partial charge is 0.492 e. The smallest absolute Gasteiger partial charge is 0.335 e. The van der Waals surface area contributed by atoms with E-state index in [9.17, 15) is 14.4 Å². The maximum absolute atomic E-state index is 13.4. The Morgan fingerprint density at radius 2 is 1.74 bits per heavy atom. The number of hydrogen-bond donors (Lipinski definition) is 2. The van der Waals surface area contributed by atoms with Crippen molar-refractivity contribution in [3.05, 3.63) is 88.8 Å². The minimum Gasteiger partial charge on any atom is -0.492 e. The van der Waals surface area contributed by atoms with Crippen LogP contribution in [-0.4, -0.2) is 83.0 Å². The number of benzene rings is 3. The summed E-state index contributed by atoms with van der Waals surface area (Å²) >= 11 is 6.70. The molecule has 2 heterocycles. The van der Waals surface area contributed by atoms with Gasteiger partial charge in [-0.05, 0) is 53.6 Å². The van der Waals surface area contributed by atoms with E-state index >= 15 is 0 Å². The quantitative estimate of drug-likeness (QED) is 0.227. The molecule has 2 aliphatic rings. The van der Waals surface area contributed by atoms with Crippen molar-refractivity contribution < 1.29 is 29.0 Å². The Morgan fingerprint density at radius 1 is 1.00 bits per heavy atom. The number of carboxylic acids is 1. The van der Waals surface area contributed by atoms with Crippen molar-refractivity contribution in [2.75, 3.05) is 51.3 Å². The molecule has 9 nitrogen and oxygen atoms in total. The maximum Gasteiger partial charge on any atom is 0.335 e. The molecule has 2 aliphatic heterocycles. The van der Waals surface area contributed by atoms with Crippen LogP contribution in [0, 0.1) is 0 Å². The van der Waals surface area contributed by atoms with E-state index in [1.165, 1.54) is 40.9 Å². The molecule has 3 aromatic rings. The van der Waals surface area contributed by atoms with Gasteiger partial charge in [-0.25, -0.2) is 4.79 Å². The maximum atomic E-state index is 13.4. The molecular weight excluding hydrogens is 587 g/mol. The lowest BCUT2D eigenvalue weighted by Crippen LogP contribution is -2.38. The molecule has 5 rings (SSSR count). The van der Waals surface area contributed by atoms with Crippen molar-refractivity contribution in [1.29, 1.82) is 0 Å². The molecule has 0 radical (unpaired) electrons. The number of carbonyl (C=O) groups excluding carboxylic acids is 2. The number of nitrogens with zero attached hydrogens (tertiary/aromatic N) is 2. The number of aromatic carboxylic acids is 1. The number of ether oxygens (including phenoxy) is 2. The minimum atomic E-state index is -1.04. The second kappa shape index (κ2) is 14.4. The Labute approximate surface area is 259 Å². The molecule has 0 spiro atoms. The average molecular weight is 618 g/mol. The van der Waals surface area contributed by atoms with Crippen LogP contribution >= 0.6 is 24.0 Å². The van der Waals surface area contributed by atoms with Crippen molar-refractivity contribution in [1.82, 2.24) is 9.80 Å². The zero-order valence-corrected chi connectivity index (χ0v) is 25.0. The molecule has 11 heteroatoms. The molecule has 0 saturated carbocycles. The third-order valence-corrected chi connectivity index (χ3v) is 8.40. The van der Waals surface area contributed by atoms with Gasteiger partial charge in [0.2, 0.25) is 5.91 Å². The zero-order chi connectivity index (χ0) is 30.2. The summed E-state index contributed by atoms with van der Waals surface area (Å²) in [5.41, 5.74) is 3.41. The van der Waals surface area contributed by atoms with E-state index in [0.717, 1.165) is 49.5 Å². The molecule has 0 aromatic heterocycles. The van der Waals surface area contributed by atoms with Crippen molar-refractivity contribution in [3.8, 4) is 16.9 Å². The van der Waals surface area contributed by atoms with Gasteiger partial charge in [0.1, 0.15) is 16.7 Å². The lowest BCUT2D eigenvalue weighted by Gasteiger charge is -2.26. The minimum absolute atomic E-state index is 0.0276. The summed E-state index contributed by atoms with van der Waals surface area (Å²) in [6.45, 7) is 4.59. The number of thioether (sulfide) groups is 1. The van der Waals surface area contributed by atoms with E-state index in [1.807, 2.05) is 48.5 Å². The summed E-state index contributed by atoms with van der Waals surface area (Å²) in [4.78, 5) is 41.2. The zero-order valence-electron chi connectivity index (χ0n) is 23.4. The highest BCUT2D eigenvalue weighted by Crippen LogP contribution is 2.36. The molecule has 0 unspecified atom stereocenters. The summed E-state index contributed by atoms with van der Waals surface area (Å²) in [6, 6.07) is 21.8. The van der Waals surface area contributed by atoms with Crippen molar-refractivity contribution in [2.45, 2.75) is 6.42 Å². The van der Waals surface area contributed by atoms with Crippen LogP contribution in [0.5, 0.6) is 5.75 Å². The SMILES string of the molecule is O=C(CCN1C(=O)/C(=C/c2cc(-c3ccccc3)ccc2OCCN2CCOCC2)SC1=S)Nc1ccc(C(=O)O)cc1. The molecule has 0 aliphatic carbocycles. The van der Waals surface area contributed by atoms with E-state index in [4.69, 9.17) is 26.8 Å². The molecule has 0 bridgehead atoms. The molecule has 0 atom stereocenters. The van der Waals surface area contributed by atoms with Crippen molar-refractivity contribution in [3.63, 3.8) is 0 Å². The van der Waals surface area contributed by atoms with Crippen molar-refractivity contribution in [2.24, 2.45) is 0 Å². The third kappa shape index (κ3) is 8.08. The number of thiocarbonyl (C=S) groups is 1. The summed E-state index contributed by atoms with van der Waals surface area (Å²) in [7, 11) is 0. The van der Waals surface area contributed by atoms with Gasteiger partial charge < -0.3 is 19.9 Å². The van der Waals surface area contributed by atoms with Gasteiger partial charge in [0.25, 0.3) is 5.91 Å². The fourth-order valence-electron chi connectivity index (χ4n) is 4.68. The second-order valence-electron chi connectivity index (χ2n) is 9.94. The Balaban J connectivity index is 1.27. The number of carbonyl (C=O) groups is 3. The predicted octanol–water partition coefficient (Wildman–Crippen LogP) is 4.99. The Bertz CT molecular complexity index is 1520. The second-order valence-corrected chi connectivity index (χ2v) is 11.6. The Kier molecular flexibility index (Phi) is 10.2. The van der Waals surface area contributed by atoms with Crippen LogP contribution in [0.2, 0.25) is 0 Å². The first-order valence-corrected chi connectivity index (χ1v) is 15.1. The van der Waals surface area contributed by atoms with Gasteiger partial charge in [-0.1, -0.05) is 60.4 Å². The standard InChI is InChI=1S/C32H31N3O6S2/c36-29(33-26-9-6-23(7-10-26)31(38)39)12-13-35-30(37)28(43-32(35)42)21-25-20-24(22-4-2-1-3-5-22)8-11-27(25)41-19-16-34-14-17-40-18-15-34/h1-11,20-21H,12-19H2,(H,33,36)(H,38,39)/b28-21-. The molecule has 43 heavy (non-hydrogen) atoms. The van der Waals surface area contributed by atoms with Gasteiger partial charge in [-0.2, -0.15) is 0 Å². The predicted molar refractivity (Wildman–Crippen MR) is 171 cm³/mol. The number of anilines is 1. The van der Waals surface area contributed by atoms with E-state index in [-0.39, 0.29) is 30.3 Å². The number of carboxylic acid groups (broad SMARTS) is 1. The van der Waals surface area contributed by atoms with Gasteiger partial charge in [0.05, 0.1) is 23.7 Å². The molecule has 2 fully saturated rings. The van der Waals surface area contributed by atoms with Crippen molar-refractivity contribution >= 4 is 57.8 Å². The molecule has 2 saturated heterocycles. The van der Waals surface area contributed by atoms with Crippen LogP contribution < -0.4 is 10.1 Å². The summed E-state index contributed by atoms with van der Waals surface area (Å²) < 4.78 is 12.0. The highest BCUT2D eigenvalue weighted by Gasteiger charge is 2.32. The summed E-state index contributed by atoms with van der Waals surface area (Å²) in [5, 5.41) is 11.8. The number of nitrogens with one attached hydrogen (secondary N) is 1. The van der Waals surface area contributed by atoms with E-state index in [1.54, 1.807) is 6.08 Å². The first kappa shape index (κ1) is 30.4. The highest BCUT2D eigenvalue weighted by atomic mass is 32.2. The lowest BCUT2D eigenvalue weighted by atomic mass is 10.0. The topological polar surface area (TPSA) is 108 Å². The number of hydrogen-bond acceptors (Lipinski definition) is 8. The van der Waals surface area contributed by atoms with Gasteiger partial charge in [0, 0.05) is 43.9 Å². The fraction of sp³-hybridized carbons (Fsp3) is 0.250. The molecule has 2 N–H and O–H groups in total. The monoisotopic (exact) mass is 617 g/mol. The number of morpholine rings is 1. The molecular formula is C32H31N3O6S2. The van der Waals surface area contributed by atoms with E-state index in [2.05, 4.69) is 10.2 Å². The van der Waals surface area contributed by atoms with Crippen LogP contribution in [0.25, 0.3) is 17.2 Å². The van der Waals surface area contributed by atoms with Crippen LogP contribution in [0.3, 0.4) is 0 Å². The van der Waals surface area contributed by atoms with Crippen LogP contribution in [0.15, 0.2) is 77.7 Å². The summed E-state index contributed by atoms with van der Waals surface area (Å²) in [5.74, 6) is -0.948. The van der Waals surface area contributed by atoms with Gasteiger partial charge in [-0.15, -0.1) is 0 Å². The van der Waals surface area contributed by atoms with E-state index in [0.29, 0.717) is 27.3 Å². The van der Waals surface area contributed by atoms with Gasteiger partial charge in [0.15, 0.2) is 0 Å². The molecule has 222 valence electrons.